The van der Waals surface area contributed by atoms with Crippen LogP contribution in [0, 0.1) is 5.82 Å². The van der Waals surface area contributed by atoms with Gasteiger partial charge in [0.2, 0.25) is 0 Å². The smallest absolute Gasteiger partial charge is 0.415 e. The molecule has 2 heterocycles. The summed E-state index contributed by atoms with van der Waals surface area (Å²) in [6.45, 7) is 1.52. The lowest BCUT2D eigenvalue weighted by atomic mass is 9.84. The third-order valence-electron chi connectivity index (χ3n) is 4.38. The van der Waals surface area contributed by atoms with Crippen molar-refractivity contribution in [2.45, 2.75) is 6.82 Å². The fraction of sp³-hybridized carbons (Fsp3) is 0.111. The molecule has 0 atom stereocenters. The van der Waals surface area contributed by atoms with Gasteiger partial charge in [0.15, 0.2) is 0 Å². The fourth-order valence-corrected chi connectivity index (χ4v) is 3.91. The van der Waals surface area contributed by atoms with Crippen molar-refractivity contribution in [2.75, 3.05) is 11.9 Å². The summed E-state index contributed by atoms with van der Waals surface area (Å²) in [6.07, 6.45) is 3.22. The standard InChI is InChI=1S/C18H14BBrClFN4O2/c1-19(27)26(17-11(21)4-3-5-12(17)22)18-15-8-23-9-25(15)14-7-16(28-2)10(20)6-13(14)24-18/h3-9,27H,1-2H3. The molecule has 0 amide bonds. The molecule has 0 bridgehead atoms. The Balaban J connectivity index is 2.07. The summed E-state index contributed by atoms with van der Waals surface area (Å²) < 4.78 is 22.5. The number of hydrogen-bond acceptors (Lipinski definition) is 5. The van der Waals surface area contributed by atoms with E-state index in [4.69, 9.17) is 16.3 Å². The van der Waals surface area contributed by atoms with Crippen LogP contribution in [0.25, 0.3) is 16.6 Å². The van der Waals surface area contributed by atoms with Gasteiger partial charge in [0.1, 0.15) is 22.9 Å². The first-order valence-electron chi connectivity index (χ1n) is 8.33. The van der Waals surface area contributed by atoms with E-state index in [2.05, 4.69) is 25.9 Å². The number of benzene rings is 2. The summed E-state index contributed by atoms with van der Waals surface area (Å²) >= 11 is 9.72. The Kier molecular flexibility index (Phi) is 4.90. The van der Waals surface area contributed by atoms with Gasteiger partial charge in [-0.3, -0.25) is 4.40 Å². The molecule has 0 saturated heterocycles. The summed E-state index contributed by atoms with van der Waals surface area (Å²) in [6, 6.07) is 7.97. The average molecular weight is 464 g/mol. The largest absolute Gasteiger partial charge is 0.495 e. The minimum absolute atomic E-state index is 0.0432. The van der Waals surface area contributed by atoms with Crippen LogP contribution < -0.4 is 9.55 Å². The maximum atomic E-state index is 14.6. The Morgan fingerprint density at radius 1 is 1.32 bits per heavy atom. The van der Waals surface area contributed by atoms with Crippen LogP contribution in [0.5, 0.6) is 5.75 Å². The van der Waals surface area contributed by atoms with Gasteiger partial charge in [-0.2, -0.15) is 0 Å². The summed E-state index contributed by atoms with van der Waals surface area (Å²) in [5, 5.41) is 10.6. The molecule has 0 unspecified atom stereocenters. The molecule has 4 rings (SSSR count). The number of para-hydroxylation sites is 1. The summed E-state index contributed by atoms with van der Waals surface area (Å²) in [4.78, 5) is 10.2. The highest BCUT2D eigenvalue weighted by Gasteiger charge is 2.28. The number of nitrogens with zero attached hydrogens (tertiary/aromatic N) is 4. The number of imidazole rings is 1. The molecule has 0 fully saturated rings. The number of fused-ring (bicyclic) bond motifs is 3. The molecule has 4 aromatic rings. The van der Waals surface area contributed by atoms with Gasteiger partial charge < -0.3 is 14.6 Å². The van der Waals surface area contributed by atoms with E-state index in [1.165, 1.54) is 23.8 Å². The summed E-state index contributed by atoms with van der Waals surface area (Å²) in [5.41, 5.74) is 1.98. The van der Waals surface area contributed by atoms with Crippen molar-refractivity contribution in [3.05, 3.63) is 58.2 Å². The second-order valence-electron chi connectivity index (χ2n) is 6.13. The molecule has 142 valence electrons. The molecule has 6 nitrogen and oxygen atoms in total. The minimum Gasteiger partial charge on any atom is -0.495 e. The molecule has 1 N–H and O–H groups in total. The Morgan fingerprint density at radius 2 is 2.11 bits per heavy atom. The lowest BCUT2D eigenvalue weighted by molar-refractivity contribution is 0.412. The first kappa shape index (κ1) is 19.0. The minimum atomic E-state index is -1.10. The Labute approximate surface area is 173 Å². The quantitative estimate of drug-likeness (QED) is 0.445. The first-order valence-corrected chi connectivity index (χ1v) is 9.50. The molecule has 10 heteroatoms. The van der Waals surface area contributed by atoms with Crippen LogP contribution in [-0.2, 0) is 0 Å². The second kappa shape index (κ2) is 7.23. The van der Waals surface area contributed by atoms with Crippen molar-refractivity contribution in [3.63, 3.8) is 0 Å². The molecule has 2 aromatic carbocycles. The number of aromatic nitrogens is 3. The topological polar surface area (TPSA) is 62.9 Å². The first-order chi connectivity index (χ1) is 13.4. The molecule has 0 aliphatic heterocycles. The molecular formula is C18H14BBrClFN4O2. The molecular weight excluding hydrogens is 449 g/mol. The Hall–Kier alpha value is -2.36. The third-order valence-corrected chi connectivity index (χ3v) is 5.31. The van der Waals surface area contributed by atoms with Gasteiger partial charge >= 0.3 is 7.05 Å². The third kappa shape index (κ3) is 2.99. The molecule has 2 aromatic heterocycles. The van der Waals surface area contributed by atoms with Crippen LogP contribution in [-0.4, -0.2) is 33.6 Å². The lowest BCUT2D eigenvalue weighted by Crippen LogP contribution is -2.34. The van der Waals surface area contributed by atoms with Crippen molar-refractivity contribution in [1.29, 1.82) is 0 Å². The number of hydrogen-bond donors (Lipinski definition) is 1. The van der Waals surface area contributed by atoms with Gasteiger partial charge in [0.05, 0.1) is 45.9 Å². The number of anilines is 2. The van der Waals surface area contributed by atoms with E-state index in [9.17, 15) is 9.41 Å². The maximum Gasteiger partial charge on any atom is 0.415 e. The predicted octanol–water partition coefficient (Wildman–Crippen LogP) is 4.69. The van der Waals surface area contributed by atoms with Crippen molar-refractivity contribution in [3.8, 4) is 5.75 Å². The zero-order valence-electron chi connectivity index (χ0n) is 14.9. The fourth-order valence-electron chi connectivity index (χ4n) is 3.16. The monoisotopic (exact) mass is 462 g/mol. The predicted molar refractivity (Wildman–Crippen MR) is 112 cm³/mol. The van der Waals surface area contributed by atoms with Crippen molar-refractivity contribution >= 4 is 62.6 Å². The van der Waals surface area contributed by atoms with E-state index in [-0.39, 0.29) is 10.7 Å². The average Bonchev–Trinajstić information content (AvgIpc) is 3.13. The summed E-state index contributed by atoms with van der Waals surface area (Å²) in [7, 11) is 0.480. The SMILES string of the molecule is COc1cc2c(cc1Br)nc(N(B(C)O)c1c(F)cccc1Cl)c1cncn12. The van der Waals surface area contributed by atoms with Gasteiger partial charge in [-0.05, 0) is 41.0 Å². The molecule has 0 radical (unpaired) electrons. The van der Waals surface area contributed by atoms with Crippen molar-refractivity contribution < 1.29 is 14.2 Å². The van der Waals surface area contributed by atoms with Gasteiger partial charge in [-0.25, -0.2) is 14.4 Å². The normalized spacial score (nSPS) is 11.2. The molecule has 0 aliphatic carbocycles. The van der Waals surface area contributed by atoms with Crippen LogP contribution >= 0.6 is 27.5 Å². The highest BCUT2D eigenvalue weighted by atomic mass is 79.9. The van der Waals surface area contributed by atoms with Crippen LogP contribution in [0.1, 0.15) is 0 Å². The van der Waals surface area contributed by atoms with E-state index in [0.717, 1.165) is 5.52 Å². The molecule has 0 aliphatic rings. The number of methoxy groups -OCH3 is 1. The van der Waals surface area contributed by atoms with E-state index < -0.39 is 12.9 Å². The van der Waals surface area contributed by atoms with Gasteiger partial charge in [0, 0.05) is 6.07 Å². The number of rotatable bonds is 4. The summed E-state index contributed by atoms with van der Waals surface area (Å²) in [5.74, 6) is 0.398. The van der Waals surface area contributed by atoms with E-state index in [1.807, 2.05) is 6.07 Å². The number of ether oxygens (including phenoxy) is 1. The highest BCUT2D eigenvalue weighted by molar-refractivity contribution is 9.10. The van der Waals surface area contributed by atoms with E-state index >= 15 is 0 Å². The molecule has 0 spiro atoms. The maximum absolute atomic E-state index is 14.6. The van der Waals surface area contributed by atoms with Crippen LogP contribution in [0.2, 0.25) is 11.8 Å². The van der Waals surface area contributed by atoms with Crippen molar-refractivity contribution in [1.82, 2.24) is 14.4 Å². The van der Waals surface area contributed by atoms with Gasteiger partial charge in [-0.1, -0.05) is 17.7 Å². The lowest BCUT2D eigenvalue weighted by Gasteiger charge is -2.27. The van der Waals surface area contributed by atoms with E-state index in [1.54, 1.807) is 36.2 Å². The Morgan fingerprint density at radius 3 is 2.79 bits per heavy atom. The zero-order valence-corrected chi connectivity index (χ0v) is 17.2. The van der Waals surface area contributed by atoms with Crippen LogP contribution in [0.15, 0.2) is 47.3 Å². The Bertz CT molecular complexity index is 1180. The van der Waals surface area contributed by atoms with Crippen LogP contribution in [0.4, 0.5) is 15.9 Å². The zero-order chi connectivity index (χ0) is 20.0. The van der Waals surface area contributed by atoms with Crippen LogP contribution in [0.3, 0.4) is 0 Å². The van der Waals surface area contributed by atoms with Crippen molar-refractivity contribution in [2.24, 2.45) is 0 Å². The van der Waals surface area contributed by atoms with E-state index in [0.29, 0.717) is 27.1 Å². The second-order valence-corrected chi connectivity index (χ2v) is 7.39. The van der Waals surface area contributed by atoms with Gasteiger partial charge in [-0.15, -0.1) is 0 Å². The highest BCUT2D eigenvalue weighted by Crippen LogP contribution is 2.38. The number of halogens is 3. The molecule has 0 saturated carbocycles. The van der Waals surface area contributed by atoms with Gasteiger partial charge in [0.25, 0.3) is 0 Å². The molecule has 28 heavy (non-hydrogen) atoms.